The molecule has 0 aromatic heterocycles. The van der Waals surface area contributed by atoms with Crippen LogP contribution in [0.1, 0.15) is 38.5 Å². The second kappa shape index (κ2) is 5.83. The average Bonchev–Trinajstić information content (AvgIpc) is 2.55. The van der Waals surface area contributed by atoms with E-state index in [-0.39, 0.29) is 0 Å². The summed E-state index contributed by atoms with van der Waals surface area (Å²) in [5.74, 6) is 0. The molecule has 1 saturated carbocycles. The Hall–Kier alpha value is -0.120. The molecule has 1 heterocycles. The van der Waals surface area contributed by atoms with Crippen LogP contribution < -0.4 is 5.32 Å². The molecule has 1 aliphatic carbocycles. The van der Waals surface area contributed by atoms with E-state index in [1.807, 2.05) is 0 Å². The van der Waals surface area contributed by atoms with Crippen LogP contribution in [-0.4, -0.2) is 48.3 Å². The summed E-state index contributed by atoms with van der Waals surface area (Å²) < 4.78 is 0. The summed E-state index contributed by atoms with van der Waals surface area (Å²) in [6, 6.07) is 1.10. The standard InChI is InChI=1S/C12H24N2O/c15-10-12-9-13-7-4-8-14(12)11-5-2-1-3-6-11/h11-13,15H,1-10H2. The number of hydrogen-bond donors (Lipinski definition) is 2. The van der Waals surface area contributed by atoms with E-state index in [1.54, 1.807) is 0 Å². The molecule has 2 rings (SSSR count). The summed E-state index contributed by atoms with van der Waals surface area (Å²) in [5, 5.41) is 12.9. The highest BCUT2D eigenvalue weighted by atomic mass is 16.3. The molecule has 0 aromatic carbocycles. The fourth-order valence-electron chi connectivity index (χ4n) is 3.02. The van der Waals surface area contributed by atoms with Gasteiger partial charge in [-0.05, 0) is 25.8 Å². The van der Waals surface area contributed by atoms with Crippen molar-refractivity contribution in [1.29, 1.82) is 0 Å². The summed E-state index contributed by atoms with van der Waals surface area (Å²) in [6.07, 6.45) is 8.09. The minimum absolute atomic E-state index is 0.309. The number of nitrogens with zero attached hydrogens (tertiary/aromatic N) is 1. The Morgan fingerprint density at radius 3 is 2.67 bits per heavy atom. The molecule has 2 fully saturated rings. The van der Waals surface area contributed by atoms with Crippen molar-refractivity contribution in [2.75, 3.05) is 26.2 Å². The normalized spacial score (nSPS) is 31.4. The molecule has 1 saturated heterocycles. The van der Waals surface area contributed by atoms with E-state index in [4.69, 9.17) is 0 Å². The van der Waals surface area contributed by atoms with E-state index < -0.39 is 0 Å². The average molecular weight is 212 g/mol. The van der Waals surface area contributed by atoms with Crippen LogP contribution in [0.5, 0.6) is 0 Å². The van der Waals surface area contributed by atoms with Crippen molar-refractivity contribution in [2.24, 2.45) is 0 Å². The SMILES string of the molecule is OCC1CNCCCN1C1CCCCC1. The third kappa shape index (κ3) is 2.92. The Kier molecular flexibility index (Phi) is 4.42. The van der Waals surface area contributed by atoms with Crippen molar-refractivity contribution in [3.05, 3.63) is 0 Å². The predicted molar refractivity (Wildman–Crippen MR) is 61.9 cm³/mol. The molecule has 0 amide bonds. The lowest BCUT2D eigenvalue weighted by Crippen LogP contribution is -2.48. The molecule has 0 radical (unpaired) electrons. The van der Waals surface area contributed by atoms with Crippen molar-refractivity contribution in [1.82, 2.24) is 10.2 Å². The topological polar surface area (TPSA) is 35.5 Å². The zero-order chi connectivity index (χ0) is 10.5. The van der Waals surface area contributed by atoms with Crippen LogP contribution in [0.4, 0.5) is 0 Å². The minimum atomic E-state index is 0.309. The van der Waals surface area contributed by atoms with Gasteiger partial charge in [-0.1, -0.05) is 19.3 Å². The van der Waals surface area contributed by atoms with Crippen molar-refractivity contribution in [3.63, 3.8) is 0 Å². The van der Waals surface area contributed by atoms with Crippen LogP contribution in [0, 0.1) is 0 Å². The van der Waals surface area contributed by atoms with Crippen molar-refractivity contribution < 1.29 is 5.11 Å². The Balaban J connectivity index is 1.95. The highest BCUT2D eigenvalue weighted by molar-refractivity contribution is 4.84. The van der Waals surface area contributed by atoms with Crippen LogP contribution >= 0.6 is 0 Å². The molecule has 1 aliphatic heterocycles. The lowest BCUT2D eigenvalue weighted by molar-refractivity contribution is 0.0730. The zero-order valence-electron chi connectivity index (χ0n) is 9.62. The molecular weight excluding hydrogens is 188 g/mol. The van der Waals surface area contributed by atoms with Crippen molar-refractivity contribution in [3.8, 4) is 0 Å². The summed E-state index contributed by atoms with van der Waals surface area (Å²) in [5.41, 5.74) is 0. The first-order valence-corrected chi connectivity index (χ1v) is 6.49. The van der Waals surface area contributed by atoms with E-state index in [9.17, 15) is 5.11 Å². The maximum Gasteiger partial charge on any atom is 0.0599 e. The highest BCUT2D eigenvalue weighted by Gasteiger charge is 2.27. The monoisotopic (exact) mass is 212 g/mol. The van der Waals surface area contributed by atoms with Gasteiger partial charge in [0.15, 0.2) is 0 Å². The molecular formula is C12H24N2O. The van der Waals surface area contributed by atoms with Gasteiger partial charge in [0.2, 0.25) is 0 Å². The molecule has 88 valence electrons. The van der Waals surface area contributed by atoms with Gasteiger partial charge < -0.3 is 10.4 Å². The summed E-state index contributed by atoms with van der Waals surface area (Å²) in [6.45, 7) is 3.55. The van der Waals surface area contributed by atoms with Gasteiger partial charge >= 0.3 is 0 Å². The van der Waals surface area contributed by atoms with Gasteiger partial charge in [-0.15, -0.1) is 0 Å². The fourth-order valence-corrected chi connectivity index (χ4v) is 3.02. The van der Waals surface area contributed by atoms with Crippen LogP contribution in [0.25, 0.3) is 0 Å². The van der Waals surface area contributed by atoms with Crippen LogP contribution in [0.15, 0.2) is 0 Å². The van der Waals surface area contributed by atoms with Crippen molar-refractivity contribution >= 4 is 0 Å². The Labute approximate surface area is 92.8 Å². The van der Waals surface area contributed by atoms with Crippen LogP contribution in [0.3, 0.4) is 0 Å². The van der Waals surface area contributed by atoms with Crippen molar-refractivity contribution in [2.45, 2.75) is 50.6 Å². The number of aliphatic hydroxyl groups is 1. The second-order valence-corrected chi connectivity index (χ2v) is 4.92. The largest absolute Gasteiger partial charge is 0.395 e. The maximum atomic E-state index is 9.44. The van der Waals surface area contributed by atoms with Gasteiger partial charge in [0.25, 0.3) is 0 Å². The summed E-state index contributed by atoms with van der Waals surface area (Å²) >= 11 is 0. The predicted octanol–water partition coefficient (Wildman–Crippen LogP) is 0.975. The van der Waals surface area contributed by atoms with Gasteiger partial charge in [0.05, 0.1) is 6.61 Å². The van der Waals surface area contributed by atoms with E-state index in [0.717, 1.165) is 19.1 Å². The molecule has 2 aliphatic rings. The molecule has 3 nitrogen and oxygen atoms in total. The van der Waals surface area contributed by atoms with Gasteiger partial charge in [0, 0.05) is 25.2 Å². The van der Waals surface area contributed by atoms with Gasteiger partial charge in [0.1, 0.15) is 0 Å². The molecule has 0 bridgehead atoms. The first-order chi connectivity index (χ1) is 7.42. The Bertz CT molecular complexity index is 180. The number of aliphatic hydroxyl groups excluding tert-OH is 1. The highest BCUT2D eigenvalue weighted by Crippen LogP contribution is 2.24. The third-order valence-electron chi connectivity index (χ3n) is 3.87. The Morgan fingerprint density at radius 2 is 1.93 bits per heavy atom. The van der Waals surface area contributed by atoms with Crippen LogP contribution in [-0.2, 0) is 0 Å². The summed E-state index contributed by atoms with van der Waals surface area (Å²) in [4.78, 5) is 2.57. The number of nitrogens with one attached hydrogen (secondary N) is 1. The van der Waals surface area contributed by atoms with Gasteiger partial charge in [-0.2, -0.15) is 0 Å². The lowest BCUT2D eigenvalue weighted by atomic mass is 9.93. The first-order valence-electron chi connectivity index (χ1n) is 6.49. The summed E-state index contributed by atoms with van der Waals surface area (Å²) in [7, 11) is 0. The first kappa shape index (κ1) is 11.4. The molecule has 1 atom stereocenters. The van der Waals surface area contributed by atoms with E-state index in [2.05, 4.69) is 10.2 Å². The zero-order valence-corrected chi connectivity index (χ0v) is 9.62. The molecule has 0 aromatic rings. The Morgan fingerprint density at radius 1 is 1.13 bits per heavy atom. The van der Waals surface area contributed by atoms with Gasteiger partial charge in [-0.25, -0.2) is 0 Å². The van der Waals surface area contributed by atoms with E-state index >= 15 is 0 Å². The molecule has 3 heteroatoms. The quantitative estimate of drug-likeness (QED) is 0.716. The fraction of sp³-hybridized carbons (Fsp3) is 1.00. The second-order valence-electron chi connectivity index (χ2n) is 4.92. The van der Waals surface area contributed by atoms with Gasteiger partial charge in [-0.3, -0.25) is 4.90 Å². The molecule has 15 heavy (non-hydrogen) atoms. The van der Waals surface area contributed by atoms with E-state index in [0.29, 0.717) is 12.6 Å². The number of hydrogen-bond acceptors (Lipinski definition) is 3. The lowest BCUT2D eigenvalue weighted by Gasteiger charge is -2.38. The molecule has 2 N–H and O–H groups in total. The molecule has 1 unspecified atom stereocenters. The van der Waals surface area contributed by atoms with E-state index in [1.165, 1.54) is 45.1 Å². The minimum Gasteiger partial charge on any atom is -0.395 e. The number of rotatable bonds is 2. The smallest absolute Gasteiger partial charge is 0.0599 e. The molecule has 0 spiro atoms. The third-order valence-corrected chi connectivity index (χ3v) is 3.87. The maximum absolute atomic E-state index is 9.44. The van der Waals surface area contributed by atoms with Crippen LogP contribution in [0.2, 0.25) is 0 Å².